The van der Waals surface area contributed by atoms with Crippen LogP contribution < -0.4 is 5.32 Å². The fourth-order valence-corrected chi connectivity index (χ4v) is 2.43. The molecule has 14 heavy (non-hydrogen) atoms. The molecule has 3 heterocycles. The van der Waals surface area contributed by atoms with E-state index in [4.69, 9.17) is 0 Å². The van der Waals surface area contributed by atoms with Crippen LogP contribution in [0.15, 0.2) is 16.5 Å². The van der Waals surface area contributed by atoms with Gasteiger partial charge in [-0.3, -0.25) is 4.79 Å². The zero-order chi connectivity index (χ0) is 9.54. The van der Waals surface area contributed by atoms with Crippen molar-refractivity contribution in [3.05, 3.63) is 11.5 Å². The zero-order valence-electron chi connectivity index (χ0n) is 7.99. The summed E-state index contributed by atoms with van der Waals surface area (Å²) in [5, 5.41) is 3.33. The van der Waals surface area contributed by atoms with Crippen LogP contribution in [0.5, 0.6) is 0 Å². The zero-order valence-corrected chi connectivity index (χ0v) is 7.99. The molecule has 74 valence electrons. The topological polar surface area (TPSA) is 44.7 Å². The normalized spacial score (nSPS) is 30.1. The highest BCUT2D eigenvalue weighted by molar-refractivity contribution is 5.85. The minimum absolute atomic E-state index is 0.102. The molecule has 0 spiro atoms. The predicted molar refractivity (Wildman–Crippen MR) is 52.8 cm³/mol. The van der Waals surface area contributed by atoms with Gasteiger partial charge in [0.25, 0.3) is 0 Å². The number of carbonyl (C=O) groups excluding carboxylic acids is 1. The molecule has 0 aromatic heterocycles. The summed E-state index contributed by atoms with van der Waals surface area (Å²) in [6.07, 6.45) is 3.55. The first kappa shape index (κ1) is 8.03. The van der Waals surface area contributed by atoms with Crippen LogP contribution >= 0.6 is 0 Å². The van der Waals surface area contributed by atoms with Crippen LogP contribution in [-0.4, -0.2) is 36.5 Å². The van der Waals surface area contributed by atoms with Crippen LogP contribution in [0.4, 0.5) is 0 Å². The van der Waals surface area contributed by atoms with E-state index < -0.39 is 0 Å². The Kier molecular flexibility index (Phi) is 1.63. The van der Waals surface area contributed by atoms with E-state index in [0.717, 1.165) is 37.6 Å². The van der Waals surface area contributed by atoms with Gasteiger partial charge in [0.15, 0.2) is 0 Å². The highest BCUT2D eigenvalue weighted by Crippen LogP contribution is 2.31. The number of Topliss-reactive ketones (excluding diaryl/α,β-unsaturated/α-hetero) is 1. The molecule has 1 saturated heterocycles. The Morgan fingerprint density at radius 2 is 2.50 bits per heavy atom. The van der Waals surface area contributed by atoms with E-state index in [0.29, 0.717) is 12.2 Å². The number of hydrogen-bond acceptors (Lipinski definition) is 4. The van der Waals surface area contributed by atoms with Crippen molar-refractivity contribution >= 4 is 12.0 Å². The Bertz CT molecular complexity index is 345. The number of hydrogen-bond donors (Lipinski definition) is 1. The number of aliphatic imine (C=N–C) groups is 1. The lowest BCUT2D eigenvalue weighted by Crippen LogP contribution is -2.42. The van der Waals surface area contributed by atoms with Gasteiger partial charge in [-0.25, -0.2) is 4.99 Å². The van der Waals surface area contributed by atoms with E-state index in [1.54, 1.807) is 0 Å². The van der Waals surface area contributed by atoms with Gasteiger partial charge in [0.05, 0.1) is 18.2 Å². The predicted octanol–water partition coefficient (Wildman–Crippen LogP) is 0.124. The van der Waals surface area contributed by atoms with Crippen molar-refractivity contribution in [2.45, 2.75) is 12.8 Å². The van der Waals surface area contributed by atoms with Crippen molar-refractivity contribution in [1.29, 1.82) is 0 Å². The molecule has 4 nitrogen and oxygen atoms in total. The monoisotopic (exact) mass is 191 g/mol. The molecule has 1 fully saturated rings. The Labute approximate surface area is 82.7 Å². The number of carbonyl (C=O) groups is 1. The molecule has 3 aliphatic heterocycles. The van der Waals surface area contributed by atoms with Gasteiger partial charge in [-0.05, 0) is 6.42 Å². The smallest absolute Gasteiger partial charge is 0.148 e. The van der Waals surface area contributed by atoms with Crippen molar-refractivity contribution in [3.63, 3.8) is 0 Å². The molecule has 3 aliphatic rings. The highest BCUT2D eigenvalue weighted by atomic mass is 16.1. The minimum atomic E-state index is 0.102. The fraction of sp³-hybridized carbons (Fsp3) is 0.600. The van der Waals surface area contributed by atoms with Crippen molar-refractivity contribution < 1.29 is 4.79 Å². The first-order chi connectivity index (χ1) is 6.86. The van der Waals surface area contributed by atoms with Gasteiger partial charge >= 0.3 is 0 Å². The van der Waals surface area contributed by atoms with Gasteiger partial charge in [0, 0.05) is 25.7 Å². The van der Waals surface area contributed by atoms with E-state index in [1.165, 1.54) is 0 Å². The second-order valence-electron chi connectivity index (χ2n) is 3.98. The molecular weight excluding hydrogens is 178 g/mol. The summed E-state index contributed by atoms with van der Waals surface area (Å²) in [4.78, 5) is 18.2. The van der Waals surface area contributed by atoms with Crippen molar-refractivity contribution in [1.82, 2.24) is 10.2 Å². The molecule has 0 radical (unpaired) electrons. The van der Waals surface area contributed by atoms with E-state index in [9.17, 15) is 4.79 Å². The van der Waals surface area contributed by atoms with Crippen LogP contribution in [0.1, 0.15) is 12.8 Å². The summed E-state index contributed by atoms with van der Waals surface area (Å²) in [6, 6.07) is 0. The second-order valence-corrected chi connectivity index (χ2v) is 3.98. The maximum Gasteiger partial charge on any atom is 0.148 e. The maximum absolute atomic E-state index is 11.7. The van der Waals surface area contributed by atoms with E-state index >= 15 is 0 Å². The standard InChI is InChI=1S/C10H13N3O/c14-8-1-3-11-9-7(8)2-5-13-6-4-12-10(9)13/h4,7,11H,1-3,5-6H2. The number of ketones is 1. The molecule has 0 amide bonds. The van der Waals surface area contributed by atoms with Gasteiger partial charge in [0.2, 0.25) is 0 Å². The molecule has 0 saturated carbocycles. The number of rotatable bonds is 0. The van der Waals surface area contributed by atoms with Crippen LogP contribution in [0.2, 0.25) is 0 Å². The fourth-order valence-electron chi connectivity index (χ4n) is 2.43. The largest absolute Gasteiger partial charge is 0.384 e. The van der Waals surface area contributed by atoms with Crippen molar-refractivity contribution in [3.8, 4) is 0 Å². The Hall–Kier alpha value is -1.32. The molecule has 4 heteroatoms. The van der Waals surface area contributed by atoms with Gasteiger partial charge in [-0.1, -0.05) is 0 Å². The quantitative estimate of drug-likeness (QED) is 0.591. The SMILES string of the molecule is O=C1CCNC2=C3N=CCN3CCC12. The van der Waals surface area contributed by atoms with Gasteiger partial charge in [-0.2, -0.15) is 0 Å². The van der Waals surface area contributed by atoms with E-state index in [2.05, 4.69) is 15.2 Å². The van der Waals surface area contributed by atoms with Gasteiger partial charge in [-0.15, -0.1) is 0 Å². The molecular formula is C10H13N3O. The minimum Gasteiger partial charge on any atom is -0.384 e. The molecule has 1 N–H and O–H groups in total. The summed E-state index contributed by atoms with van der Waals surface area (Å²) >= 11 is 0. The van der Waals surface area contributed by atoms with Gasteiger partial charge < -0.3 is 10.2 Å². The number of fused-ring (bicyclic) bond motifs is 2. The summed E-state index contributed by atoms with van der Waals surface area (Å²) in [6.45, 7) is 2.65. The van der Waals surface area contributed by atoms with Gasteiger partial charge in [0.1, 0.15) is 11.6 Å². The number of piperidine rings is 1. The highest BCUT2D eigenvalue weighted by Gasteiger charge is 2.35. The lowest BCUT2D eigenvalue weighted by Gasteiger charge is -2.35. The molecule has 0 aromatic carbocycles. The lowest BCUT2D eigenvalue weighted by molar-refractivity contribution is -0.123. The van der Waals surface area contributed by atoms with Crippen LogP contribution in [-0.2, 0) is 4.79 Å². The summed E-state index contributed by atoms with van der Waals surface area (Å²) in [7, 11) is 0. The van der Waals surface area contributed by atoms with Crippen LogP contribution in [0.3, 0.4) is 0 Å². The Balaban J connectivity index is 2.03. The maximum atomic E-state index is 11.7. The summed E-state index contributed by atoms with van der Waals surface area (Å²) in [5.41, 5.74) is 1.07. The molecule has 3 rings (SSSR count). The number of nitrogens with zero attached hydrogens (tertiary/aromatic N) is 2. The first-order valence-corrected chi connectivity index (χ1v) is 5.14. The third kappa shape index (κ3) is 0.997. The summed E-state index contributed by atoms with van der Waals surface area (Å²) in [5.74, 6) is 1.49. The summed E-state index contributed by atoms with van der Waals surface area (Å²) < 4.78 is 0. The number of nitrogens with one attached hydrogen (secondary N) is 1. The average molecular weight is 191 g/mol. The van der Waals surface area contributed by atoms with Crippen LogP contribution in [0, 0.1) is 5.92 Å². The Morgan fingerprint density at radius 3 is 3.43 bits per heavy atom. The number of allylic oxidation sites excluding steroid dienone is 1. The third-order valence-corrected chi connectivity index (χ3v) is 3.17. The molecule has 1 atom stereocenters. The molecule has 0 aliphatic carbocycles. The molecule has 0 aromatic rings. The van der Waals surface area contributed by atoms with Crippen LogP contribution in [0.25, 0.3) is 0 Å². The molecule has 1 unspecified atom stereocenters. The first-order valence-electron chi connectivity index (χ1n) is 5.14. The third-order valence-electron chi connectivity index (χ3n) is 3.17. The molecule has 0 bridgehead atoms. The van der Waals surface area contributed by atoms with E-state index in [1.807, 2.05) is 6.21 Å². The van der Waals surface area contributed by atoms with Crippen molar-refractivity contribution in [2.75, 3.05) is 19.6 Å². The van der Waals surface area contributed by atoms with E-state index in [-0.39, 0.29) is 5.92 Å². The van der Waals surface area contributed by atoms with Crippen molar-refractivity contribution in [2.24, 2.45) is 10.9 Å². The average Bonchev–Trinajstić information content (AvgIpc) is 2.66. The lowest BCUT2D eigenvalue weighted by atomic mass is 9.88. The Morgan fingerprint density at radius 1 is 1.57 bits per heavy atom. The second kappa shape index (κ2) is 2.83.